The van der Waals surface area contributed by atoms with Gasteiger partial charge in [-0.2, -0.15) is 0 Å². The number of rotatable bonds is 5. The predicted molar refractivity (Wildman–Crippen MR) is 90.6 cm³/mol. The molecule has 1 aromatic carbocycles. The van der Waals surface area contributed by atoms with Gasteiger partial charge in [0.2, 0.25) is 5.28 Å². The Morgan fingerprint density at radius 1 is 1.17 bits per heavy atom. The van der Waals surface area contributed by atoms with Crippen molar-refractivity contribution in [3.8, 4) is 5.75 Å². The first kappa shape index (κ1) is 15.1. The second kappa shape index (κ2) is 5.87. The van der Waals surface area contributed by atoms with Crippen LogP contribution in [0.5, 0.6) is 5.75 Å². The molecule has 1 aliphatic rings. The monoisotopic (exact) mass is 344 g/mol. The third kappa shape index (κ3) is 3.23. The lowest BCUT2D eigenvalue weighted by Gasteiger charge is -2.11. The van der Waals surface area contributed by atoms with Crippen LogP contribution in [0.3, 0.4) is 0 Å². The number of hydrogen-bond donors (Lipinski definition) is 1. The minimum Gasteiger partial charge on any atom is -0.490 e. The second-order valence-corrected chi connectivity index (χ2v) is 6.19. The fraction of sp³-hybridized carbons (Fsp3) is 0.235. The van der Waals surface area contributed by atoms with E-state index in [-0.39, 0.29) is 11.9 Å². The van der Waals surface area contributed by atoms with Crippen LogP contribution in [0.15, 0.2) is 42.9 Å². The summed E-state index contributed by atoms with van der Waals surface area (Å²) in [7, 11) is 0. The molecule has 0 spiro atoms. The Hall–Kier alpha value is -2.47. The van der Waals surface area contributed by atoms with Gasteiger partial charge in [0.15, 0.2) is 0 Å². The largest absolute Gasteiger partial charge is 0.490 e. The molecule has 0 bridgehead atoms. The normalized spacial score (nSPS) is 15.2. The van der Waals surface area contributed by atoms with Gasteiger partial charge in [-0.1, -0.05) is 0 Å². The van der Waals surface area contributed by atoms with Gasteiger partial charge >= 0.3 is 0 Å². The Kier molecular flexibility index (Phi) is 3.69. The minimum absolute atomic E-state index is 0.108. The van der Waals surface area contributed by atoms with E-state index in [0.717, 1.165) is 10.8 Å². The third-order valence-electron chi connectivity index (χ3n) is 3.91. The summed E-state index contributed by atoms with van der Waals surface area (Å²) in [4.78, 5) is 12.2. The van der Waals surface area contributed by atoms with Gasteiger partial charge in [0.25, 0.3) is 0 Å². The smallest absolute Gasteiger partial charge is 0.222 e. The topological polar surface area (TPSA) is 59.9 Å². The molecule has 122 valence electrons. The molecule has 2 aromatic heterocycles. The van der Waals surface area contributed by atoms with Crippen molar-refractivity contribution in [2.75, 3.05) is 11.9 Å². The molecule has 4 rings (SSSR count). The molecule has 7 heteroatoms. The molecular weight excluding hydrogens is 331 g/mol. The molecule has 0 aliphatic heterocycles. The summed E-state index contributed by atoms with van der Waals surface area (Å²) in [5, 5.41) is 5.22. The van der Waals surface area contributed by atoms with E-state index in [2.05, 4.69) is 20.3 Å². The highest BCUT2D eigenvalue weighted by atomic mass is 35.5. The first-order valence-corrected chi connectivity index (χ1v) is 7.94. The van der Waals surface area contributed by atoms with Crippen molar-refractivity contribution < 1.29 is 9.13 Å². The van der Waals surface area contributed by atoms with E-state index in [4.69, 9.17) is 16.3 Å². The van der Waals surface area contributed by atoms with Crippen LogP contribution in [0.25, 0.3) is 10.8 Å². The van der Waals surface area contributed by atoms with Gasteiger partial charge in [-0.25, -0.2) is 19.3 Å². The molecule has 0 saturated heterocycles. The summed E-state index contributed by atoms with van der Waals surface area (Å²) < 4.78 is 19.2. The molecule has 0 radical (unpaired) electrons. The van der Waals surface area contributed by atoms with Gasteiger partial charge in [0.1, 0.15) is 23.8 Å². The number of pyridine rings is 1. The van der Waals surface area contributed by atoms with Crippen molar-refractivity contribution in [3.05, 3.63) is 48.1 Å². The summed E-state index contributed by atoms with van der Waals surface area (Å²) in [5.41, 5.74) is -0.443. The van der Waals surface area contributed by atoms with Crippen molar-refractivity contribution >= 4 is 33.9 Å². The highest BCUT2D eigenvalue weighted by Gasteiger charge is 2.44. The zero-order valence-corrected chi connectivity index (χ0v) is 13.4. The molecule has 24 heavy (non-hydrogen) atoms. The molecule has 5 nitrogen and oxygen atoms in total. The van der Waals surface area contributed by atoms with Crippen LogP contribution in [-0.2, 0) is 0 Å². The van der Waals surface area contributed by atoms with E-state index in [1.165, 1.54) is 0 Å². The lowest BCUT2D eigenvalue weighted by molar-refractivity contribution is 0.178. The van der Waals surface area contributed by atoms with Crippen LogP contribution in [0.4, 0.5) is 15.9 Å². The fourth-order valence-corrected chi connectivity index (χ4v) is 2.45. The number of ether oxygens (including phenoxy) is 1. The van der Waals surface area contributed by atoms with E-state index in [1.54, 1.807) is 18.6 Å². The minimum atomic E-state index is -1.13. The number of alkyl halides is 1. The lowest BCUT2D eigenvalue weighted by atomic mass is 10.1. The molecule has 1 aliphatic carbocycles. The lowest BCUT2D eigenvalue weighted by Crippen LogP contribution is -2.13. The molecule has 3 aromatic rings. The Morgan fingerprint density at radius 2 is 1.96 bits per heavy atom. The second-order valence-electron chi connectivity index (χ2n) is 5.85. The van der Waals surface area contributed by atoms with Crippen LogP contribution in [0.1, 0.15) is 12.8 Å². The van der Waals surface area contributed by atoms with E-state index < -0.39 is 5.67 Å². The number of halogens is 2. The number of anilines is 2. The quantitative estimate of drug-likeness (QED) is 0.699. The van der Waals surface area contributed by atoms with Crippen molar-refractivity contribution in [3.63, 3.8) is 0 Å². The number of fused-ring (bicyclic) bond motifs is 1. The fourth-order valence-electron chi connectivity index (χ4n) is 2.35. The van der Waals surface area contributed by atoms with E-state index in [9.17, 15) is 4.39 Å². The molecule has 0 amide bonds. The van der Waals surface area contributed by atoms with Gasteiger partial charge in [-0.05, 0) is 54.1 Å². The van der Waals surface area contributed by atoms with Gasteiger partial charge in [0.05, 0.1) is 18.1 Å². The van der Waals surface area contributed by atoms with Gasteiger partial charge in [0, 0.05) is 11.6 Å². The summed E-state index contributed by atoms with van der Waals surface area (Å²) in [6.45, 7) is 0.108. The van der Waals surface area contributed by atoms with Gasteiger partial charge in [-0.3, -0.25) is 0 Å². The Labute approximate surface area is 142 Å². The summed E-state index contributed by atoms with van der Waals surface area (Å²) in [6, 6.07) is 7.48. The van der Waals surface area contributed by atoms with Gasteiger partial charge in [-0.15, -0.1) is 0 Å². The SMILES string of the molecule is FC1(COc2ccc3c(Nc4cnc(Cl)nc4)nccc3c2)CC1. The summed E-state index contributed by atoms with van der Waals surface area (Å²) in [6.07, 6.45) is 6.04. The average Bonchev–Trinajstić information content (AvgIpc) is 3.33. The van der Waals surface area contributed by atoms with Gasteiger partial charge < -0.3 is 10.1 Å². The Morgan fingerprint density at radius 3 is 2.71 bits per heavy atom. The number of benzene rings is 1. The van der Waals surface area contributed by atoms with Crippen LogP contribution < -0.4 is 10.1 Å². The van der Waals surface area contributed by atoms with Crippen molar-refractivity contribution in [2.24, 2.45) is 0 Å². The van der Waals surface area contributed by atoms with Crippen LogP contribution in [0, 0.1) is 0 Å². The van der Waals surface area contributed by atoms with E-state index >= 15 is 0 Å². The standard InChI is InChI=1S/C17H14ClFN4O/c18-16-21-8-12(9-22-16)23-15-14-2-1-13(7-11(14)3-6-20-15)24-10-17(19)4-5-17/h1-3,6-9H,4-5,10H2,(H,20,23). The molecule has 0 unspecified atom stereocenters. The third-order valence-corrected chi connectivity index (χ3v) is 4.10. The summed E-state index contributed by atoms with van der Waals surface area (Å²) >= 11 is 5.69. The Bertz CT molecular complexity index is 883. The highest BCUT2D eigenvalue weighted by Crippen LogP contribution is 2.40. The average molecular weight is 345 g/mol. The predicted octanol–water partition coefficient (Wildman–Crippen LogP) is 4.30. The Balaban J connectivity index is 1.58. The van der Waals surface area contributed by atoms with Crippen LogP contribution in [0.2, 0.25) is 5.28 Å². The molecule has 1 saturated carbocycles. The maximum absolute atomic E-state index is 13.7. The van der Waals surface area contributed by atoms with E-state index in [1.807, 2.05) is 24.3 Å². The zero-order valence-electron chi connectivity index (χ0n) is 12.7. The number of aromatic nitrogens is 3. The number of hydrogen-bond acceptors (Lipinski definition) is 5. The first-order chi connectivity index (χ1) is 11.6. The van der Waals surface area contributed by atoms with Crippen LogP contribution in [-0.4, -0.2) is 27.2 Å². The first-order valence-electron chi connectivity index (χ1n) is 7.56. The summed E-state index contributed by atoms with van der Waals surface area (Å²) in [5.74, 6) is 1.33. The van der Waals surface area contributed by atoms with E-state index in [0.29, 0.717) is 30.1 Å². The van der Waals surface area contributed by atoms with Crippen molar-refractivity contribution in [2.45, 2.75) is 18.5 Å². The number of nitrogens with zero attached hydrogens (tertiary/aromatic N) is 3. The zero-order chi connectivity index (χ0) is 16.6. The maximum atomic E-state index is 13.7. The highest BCUT2D eigenvalue weighted by molar-refractivity contribution is 6.28. The molecule has 0 atom stereocenters. The molecular formula is C17H14ClFN4O. The maximum Gasteiger partial charge on any atom is 0.222 e. The molecule has 1 fully saturated rings. The molecule has 1 N–H and O–H groups in total. The number of nitrogens with one attached hydrogen (secondary N) is 1. The van der Waals surface area contributed by atoms with Crippen LogP contribution >= 0.6 is 11.6 Å². The van der Waals surface area contributed by atoms with Crippen molar-refractivity contribution in [1.82, 2.24) is 15.0 Å². The van der Waals surface area contributed by atoms with Crippen molar-refractivity contribution in [1.29, 1.82) is 0 Å². The molecule has 2 heterocycles.